The van der Waals surface area contributed by atoms with Gasteiger partial charge in [-0.05, 0) is 54.8 Å². The molecule has 2 N–H and O–H groups in total. The molecule has 25 heavy (non-hydrogen) atoms. The minimum atomic E-state index is -0.649. The Hall–Kier alpha value is -2.28. The van der Waals surface area contributed by atoms with Gasteiger partial charge in [0.15, 0.2) is 5.96 Å². The Morgan fingerprint density at radius 3 is 2.92 bits per heavy atom. The Balaban J connectivity index is 1.76. The Morgan fingerprint density at radius 1 is 1.48 bits per heavy atom. The number of thiophene rings is 1. The number of nitrogens with zero attached hydrogens (tertiary/aromatic N) is 2. The van der Waals surface area contributed by atoms with Gasteiger partial charge in [-0.3, -0.25) is 15.1 Å². The van der Waals surface area contributed by atoms with Crippen molar-refractivity contribution in [3.8, 4) is 11.1 Å². The smallest absolute Gasteiger partial charge is 0.235 e. The van der Waals surface area contributed by atoms with Crippen LogP contribution in [0.5, 0.6) is 0 Å². The van der Waals surface area contributed by atoms with Crippen molar-refractivity contribution in [1.29, 1.82) is 5.41 Å². The van der Waals surface area contributed by atoms with E-state index in [2.05, 4.69) is 10.3 Å². The molecule has 7 heteroatoms. The summed E-state index contributed by atoms with van der Waals surface area (Å²) in [6, 6.07) is 5.32. The molecule has 2 aromatic rings. The molecular formula is C18H19FN4OS. The molecule has 0 aromatic carbocycles. The zero-order valence-corrected chi connectivity index (χ0v) is 14.9. The molecule has 0 spiro atoms. The van der Waals surface area contributed by atoms with Crippen LogP contribution in [0.25, 0.3) is 11.1 Å². The fourth-order valence-electron chi connectivity index (χ4n) is 3.64. The number of pyridine rings is 1. The Kier molecular flexibility index (Phi) is 3.64. The number of carbonyl (C=O) groups excluding carboxylic acids is 1. The number of hydrogen-bond acceptors (Lipinski definition) is 4. The highest BCUT2D eigenvalue weighted by Crippen LogP contribution is 2.49. The molecule has 3 heterocycles. The fraction of sp³-hybridized carbons (Fsp3) is 0.389. The molecule has 1 saturated carbocycles. The summed E-state index contributed by atoms with van der Waals surface area (Å²) in [5.41, 5.74) is 0.552. The average molecular weight is 358 g/mol. The summed E-state index contributed by atoms with van der Waals surface area (Å²) in [5, 5.41) is 13.2. The van der Waals surface area contributed by atoms with Gasteiger partial charge in [0.05, 0.1) is 11.5 Å². The zero-order valence-electron chi connectivity index (χ0n) is 14.0. The summed E-state index contributed by atoms with van der Waals surface area (Å²) in [7, 11) is 1.64. The van der Waals surface area contributed by atoms with E-state index in [4.69, 9.17) is 5.41 Å². The molecule has 1 aliphatic carbocycles. The third-order valence-electron chi connectivity index (χ3n) is 5.21. The van der Waals surface area contributed by atoms with Crippen molar-refractivity contribution in [2.24, 2.45) is 11.8 Å². The molecule has 4 rings (SSSR count). The molecule has 0 bridgehead atoms. The maximum absolute atomic E-state index is 14.0. The molecule has 2 aromatic heterocycles. The summed E-state index contributed by atoms with van der Waals surface area (Å²) in [6.07, 6.45) is 3.49. The molecule has 5 nitrogen and oxygen atoms in total. The third kappa shape index (κ3) is 2.54. The monoisotopic (exact) mass is 358 g/mol. The summed E-state index contributed by atoms with van der Waals surface area (Å²) < 4.78 is 14.0. The fourth-order valence-corrected chi connectivity index (χ4v) is 4.71. The molecule has 2 atom stereocenters. The van der Waals surface area contributed by atoms with E-state index in [-0.39, 0.29) is 17.8 Å². The topological polar surface area (TPSA) is 69.1 Å². The van der Waals surface area contributed by atoms with Crippen molar-refractivity contribution >= 4 is 23.2 Å². The second-order valence-corrected chi connectivity index (χ2v) is 7.84. The van der Waals surface area contributed by atoms with Gasteiger partial charge in [-0.2, -0.15) is 4.39 Å². The lowest BCUT2D eigenvalue weighted by molar-refractivity contribution is -0.136. The van der Waals surface area contributed by atoms with Crippen molar-refractivity contribution in [1.82, 2.24) is 15.2 Å². The van der Waals surface area contributed by atoms with Crippen LogP contribution in [0.3, 0.4) is 0 Å². The van der Waals surface area contributed by atoms with E-state index in [9.17, 15) is 9.18 Å². The first-order valence-electron chi connectivity index (χ1n) is 8.26. The number of guanidine groups is 1. The van der Waals surface area contributed by atoms with Gasteiger partial charge in [0.25, 0.3) is 0 Å². The minimum Gasteiger partial charge on any atom is -0.345 e. The molecule has 2 aliphatic rings. The standard InChI is InChI=1S/C18H19FN4OS/c1-18(14(10-5-6-10)16(24)23(2)17(20)22-18)13-8-11(9-25-13)12-4-3-7-21-15(12)19/h3-4,7-10,14H,5-6H2,1-2H3,(H2,20,22)/t14-,18-/m1/s1. The number of nitrogens with one attached hydrogen (secondary N) is 2. The Morgan fingerprint density at radius 2 is 2.24 bits per heavy atom. The van der Waals surface area contributed by atoms with Gasteiger partial charge < -0.3 is 5.32 Å². The maximum Gasteiger partial charge on any atom is 0.235 e. The maximum atomic E-state index is 14.0. The van der Waals surface area contributed by atoms with Crippen molar-refractivity contribution in [3.63, 3.8) is 0 Å². The number of rotatable bonds is 3. The van der Waals surface area contributed by atoms with Crippen LogP contribution in [0.4, 0.5) is 4.39 Å². The predicted octanol–water partition coefficient (Wildman–Crippen LogP) is 3.19. The third-order valence-corrected chi connectivity index (χ3v) is 6.37. The predicted molar refractivity (Wildman–Crippen MR) is 94.7 cm³/mol. The van der Waals surface area contributed by atoms with E-state index >= 15 is 0 Å². The van der Waals surface area contributed by atoms with Crippen molar-refractivity contribution < 1.29 is 9.18 Å². The van der Waals surface area contributed by atoms with Crippen molar-refractivity contribution in [2.45, 2.75) is 25.3 Å². The Bertz CT molecular complexity index is 862. The first kappa shape index (κ1) is 16.2. The van der Waals surface area contributed by atoms with Crippen LogP contribution in [-0.4, -0.2) is 28.8 Å². The first-order valence-corrected chi connectivity index (χ1v) is 9.14. The van der Waals surface area contributed by atoms with Gasteiger partial charge in [-0.1, -0.05) is 0 Å². The van der Waals surface area contributed by atoms with E-state index < -0.39 is 11.5 Å². The zero-order chi connectivity index (χ0) is 17.8. The van der Waals surface area contributed by atoms with E-state index in [1.165, 1.54) is 22.4 Å². The highest BCUT2D eigenvalue weighted by molar-refractivity contribution is 7.10. The molecule has 1 amide bonds. The van der Waals surface area contributed by atoms with Gasteiger partial charge in [0.1, 0.15) is 0 Å². The number of carbonyl (C=O) groups is 1. The van der Waals surface area contributed by atoms with Crippen LogP contribution in [0.15, 0.2) is 29.8 Å². The highest BCUT2D eigenvalue weighted by Gasteiger charge is 2.54. The summed E-state index contributed by atoms with van der Waals surface area (Å²) >= 11 is 1.49. The number of hydrogen-bond donors (Lipinski definition) is 2. The molecule has 1 saturated heterocycles. The average Bonchev–Trinajstić information content (AvgIpc) is 3.27. The SMILES string of the molecule is CN1C(=N)N[C@](C)(c2cc(-c3cccnc3F)cs2)[C@H](C2CC2)C1=O. The molecule has 0 unspecified atom stereocenters. The lowest BCUT2D eigenvalue weighted by atomic mass is 9.78. The largest absolute Gasteiger partial charge is 0.345 e. The molecular weight excluding hydrogens is 339 g/mol. The van der Waals surface area contributed by atoms with E-state index in [1.54, 1.807) is 19.2 Å². The lowest BCUT2D eigenvalue weighted by Crippen LogP contribution is -2.64. The summed E-state index contributed by atoms with van der Waals surface area (Å²) in [6.45, 7) is 1.98. The Labute approximate surface area is 149 Å². The van der Waals surface area contributed by atoms with Crippen LogP contribution in [-0.2, 0) is 10.3 Å². The number of halogens is 1. The number of aromatic nitrogens is 1. The molecule has 2 fully saturated rings. The van der Waals surface area contributed by atoms with Crippen LogP contribution >= 0.6 is 11.3 Å². The second kappa shape index (κ2) is 5.62. The van der Waals surface area contributed by atoms with Gasteiger partial charge in [0.2, 0.25) is 11.9 Å². The number of amides is 1. The first-order chi connectivity index (χ1) is 11.9. The minimum absolute atomic E-state index is 0.0174. The van der Waals surface area contributed by atoms with Gasteiger partial charge in [-0.15, -0.1) is 11.3 Å². The van der Waals surface area contributed by atoms with Crippen molar-refractivity contribution in [3.05, 3.63) is 40.6 Å². The summed E-state index contributed by atoms with van der Waals surface area (Å²) in [5.74, 6) is -0.294. The van der Waals surface area contributed by atoms with Gasteiger partial charge in [-0.25, -0.2) is 4.98 Å². The van der Waals surface area contributed by atoms with Gasteiger partial charge in [0, 0.05) is 23.7 Å². The normalized spacial score (nSPS) is 26.7. The lowest BCUT2D eigenvalue weighted by Gasteiger charge is -2.45. The van der Waals surface area contributed by atoms with E-state index in [1.807, 2.05) is 18.4 Å². The van der Waals surface area contributed by atoms with Gasteiger partial charge >= 0.3 is 0 Å². The van der Waals surface area contributed by atoms with Crippen LogP contribution in [0.2, 0.25) is 0 Å². The second-order valence-electron chi connectivity index (χ2n) is 6.93. The van der Waals surface area contributed by atoms with Crippen LogP contribution in [0, 0.1) is 23.2 Å². The van der Waals surface area contributed by atoms with E-state index in [0.29, 0.717) is 11.5 Å². The highest BCUT2D eigenvalue weighted by atomic mass is 32.1. The summed E-state index contributed by atoms with van der Waals surface area (Å²) in [4.78, 5) is 18.9. The van der Waals surface area contributed by atoms with Crippen molar-refractivity contribution in [2.75, 3.05) is 7.05 Å². The molecule has 130 valence electrons. The van der Waals surface area contributed by atoms with Crippen LogP contribution in [0.1, 0.15) is 24.6 Å². The quantitative estimate of drug-likeness (QED) is 0.828. The molecule has 1 aliphatic heterocycles. The van der Waals surface area contributed by atoms with E-state index in [0.717, 1.165) is 23.3 Å². The molecule has 0 radical (unpaired) electrons. The van der Waals surface area contributed by atoms with Crippen LogP contribution < -0.4 is 5.32 Å².